The molecule has 0 amide bonds. The molecule has 3 aromatic rings. The van der Waals surface area contributed by atoms with E-state index in [4.69, 9.17) is 10.4 Å². The highest BCUT2D eigenvalue weighted by Gasteiger charge is 2.24. The highest BCUT2D eigenvalue weighted by molar-refractivity contribution is 7.88. The third-order valence-corrected chi connectivity index (χ3v) is 4.47. The van der Waals surface area contributed by atoms with Crippen molar-refractivity contribution in [1.82, 2.24) is 19.6 Å². The Morgan fingerprint density at radius 3 is 2.63 bits per heavy atom. The van der Waals surface area contributed by atoms with Crippen molar-refractivity contribution in [2.75, 3.05) is 0 Å². The van der Waals surface area contributed by atoms with Gasteiger partial charge in [-0.3, -0.25) is 15.4 Å². The molecule has 2 heterocycles. The van der Waals surface area contributed by atoms with Gasteiger partial charge in [0.2, 0.25) is 0 Å². The summed E-state index contributed by atoms with van der Waals surface area (Å²) in [5.41, 5.74) is 3.13. The molecule has 0 unspecified atom stereocenters. The summed E-state index contributed by atoms with van der Waals surface area (Å²) in [5, 5.41) is 16.9. The Morgan fingerprint density at radius 2 is 1.89 bits per heavy atom. The van der Waals surface area contributed by atoms with Gasteiger partial charge in [-0.15, -0.1) is 11.3 Å². The van der Waals surface area contributed by atoms with Crippen LogP contribution in [0.4, 0.5) is 0 Å². The van der Waals surface area contributed by atoms with Crippen molar-refractivity contribution in [3.05, 3.63) is 23.8 Å². The molecule has 0 fully saturated rings. The smallest absolute Gasteiger partial charge is 0.276 e. The van der Waals surface area contributed by atoms with E-state index < -0.39 is 19.7 Å². The van der Waals surface area contributed by atoms with Gasteiger partial charge in [-0.1, -0.05) is 0 Å². The van der Waals surface area contributed by atoms with Crippen LogP contribution in [-0.2, 0) is 10.0 Å². The predicted molar refractivity (Wildman–Crippen MR) is 65.3 cm³/mol. The Balaban J connectivity index is 2.36. The van der Waals surface area contributed by atoms with E-state index in [9.17, 15) is 8.42 Å². The topological polar surface area (TPSA) is 117 Å². The second-order valence-corrected chi connectivity index (χ2v) is 6.12. The summed E-state index contributed by atoms with van der Waals surface area (Å²) in [5.74, 6) is 0. The number of hydrogen-bond acceptors (Lipinski definition) is 8. The Kier molecular flexibility index (Phi) is 2.69. The Labute approximate surface area is 110 Å². The third-order valence-electron chi connectivity index (χ3n) is 2.47. The summed E-state index contributed by atoms with van der Waals surface area (Å²) in [7, 11) is -4.47. The quantitative estimate of drug-likeness (QED) is 0.678. The first-order valence-electron chi connectivity index (χ1n) is 4.92. The highest BCUT2D eigenvalue weighted by Crippen LogP contribution is 2.26. The first-order chi connectivity index (χ1) is 9.00. The van der Waals surface area contributed by atoms with Crippen LogP contribution in [0.5, 0.6) is 0 Å². The molecule has 0 spiro atoms. The average molecular weight is 298 g/mol. The normalized spacial score (nSPS) is 12.6. The molecule has 0 aliphatic rings. The van der Waals surface area contributed by atoms with Crippen molar-refractivity contribution in [3.63, 3.8) is 0 Å². The second-order valence-electron chi connectivity index (χ2n) is 3.57. The van der Waals surface area contributed by atoms with Crippen molar-refractivity contribution in [2.24, 2.45) is 0 Å². The van der Waals surface area contributed by atoms with Crippen LogP contribution >= 0.6 is 11.3 Å². The fourth-order valence-corrected chi connectivity index (χ4v) is 2.92. The zero-order valence-electron chi connectivity index (χ0n) is 9.13. The van der Waals surface area contributed by atoms with Gasteiger partial charge in [-0.25, -0.2) is 18.4 Å². The minimum Gasteiger partial charge on any atom is -0.276 e. The van der Waals surface area contributed by atoms with Gasteiger partial charge in [0.1, 0.15) is 5.52 Å². The van der Waals surface area contributed by atoms with E-state index >= 15 is 0 Å². The lowest BCUT2D eigenvalue weighted by Crippen LogP contribution is -2.24. The zero-order chi connectivity index (χ0) is 13.6. The first-order valence-corrected chi connectivity index (χ1v) is 7.24. The van der Waals surface area contributed by atoms with Gasteiger partial charge < -0.3 is 0 Å². The van der Waals surface area contributed by atoms with Crippen molar-refractivity contribution in [1.29, 1.82) is 0 Å². The standard InChI is InChI=1S/C9H6N4O4S2/c14-13(15)19(16,17)7-3-10-5-1-2-6-9(8(5)12-7)18-4-11-6/h1-4,14-15H. The van der Waals surface area contributed by atoms with E-state index in [0.29, 0.717) is 21.3 Å². The lowest BCUT2D eigenvalue weighted by molar-refractivity contribution is -0.226. The van der Waals surface area contributed by atoms with Gasteiger partial charge in [0.05, 0.1) is 32.1 Å². The molecule has 8 nitrogen and oxygen atoms in total. The lowest BCUT2D eigenvalue weighted by atomic mass is 10.3. The molecule has 0 saturated heterocycles. The van der Waals surface area contributed by atoms with Gasteiger partial charge in [0.15, 0.2) is 5.03 Å². The van der Waals surface area contributed by atoms with E-state index in [1.165, 1.54) is 11.3 Å². The number of rotatable bonds is 2. The largest absolute Gasteiger partial charge is 0.307 e. The van der Waals surface area contributed by atoms with Crippen LogP contribution in [0, 0.1) is 0 Å². The van der Waals surface area contributed by atoms with Crippen LogP contribution in [0.15, 0.2) is 28.9 Å². The minimum absolute atomic E-state index is 0.350. The first kappa shape index (κ1) is 12.3. The number of thiazole rings is 1. The summed E-state index contributed by atoms with van der Waals surface area (Å²) in [6, 6.07) is 3.41. The van der Waals surface area contributed by atoms with Crippen LogP contribution in [0.1, 0.15) is 0 Å². The summed E-state index contributed by atoms with van der Waals surface area (Å²) >= 11 is 1.30. The summed E-state index contributed by atoms with van der Waals surface area (Å²) in [4.78, 5) is 12.0. The molecule has 0 bridgehead atoms. The predicted octanol–water partition coefficient (Wildman–Crippen LogP) is 1.01. The SMILES string of the molecule is O=S(=O)(c1cnc2ccc3ncsc3c2n1)N(O)O. The van der Waals surface area contributed by atoms with Crippen molar-refractivity contribution in [3.8, 4) is 0 Å². The maximum atomic E-state index is 11.6. The van der Waals surface area contributed by atoms with E-state index in [2.05, 4.69) is 15.0 Å². The molecule has 0 aliphatic heterocycles. The number of fused-ring (bicyclic) bond motifs is 3. The molecule has 2 N–H and O–H groups in total. The van der Waals surface area contributed by atoms with E-state index in [-0.39, 0.29) is 0 Å². The Bertz CT molecular complexity index is 874. The van der Waals surface area contributed by atoms with Gasteiger partial charge in [-0.05, 0) is 12.1 Å². The van der Waals surface area contributed by atoms with Crippen LogP contribution in [-0.4, -0.2) is 38.4 Å². The molecule has 0 atom stereocenters. The molecule has 0 radical (unpaired) electrons. The van der Waals surface area contributed by atoms with Gasteiger partial charge in [-0.2, -0.15) is 0 Å². The van der Waals surface area contributed by atoms with Crippen LogP contribution < -0.4 is 0 Å². The number of sulfonamides is 1. The maximum Gasteiger partial charge on any atom is 0.307 e. The molecule has 0 aliphatic carbocycles. The monoisotopic (exact) mass is 298 g/mol. The number of aromatic nitrogens is 3. The molecule has 1 aromatic carbocycles. The number of benzene rings is 1. The molecular weight excluding hydrogens is 292 g/mol. The molecule has 3 rings (SSSR count). The fourth-order valence-electron chi connectivity index (χ4n) is 1.59. The van der Waals surface area contributed by atoms with Gasteiger partial charge >= 0.3 is 10.0 Å². The lowest BCUT2D eigenvalue weighted by Gasteiger charge is -2.07. The second kappa shape index (κ2) is 4.15. The van der Waals surface area contributed by atoms with E-state index in [1.807, 2.05) is 0 Å². The summed E-state index contributed by atoms with van der Waals surface area (Å²) in [6.07, 6.45) is 0.962. The van der Waals surface area contributed by atoms with E-state index in [0.717, 1.165) is 6.20 Å². The van der Waals surface area contributed by atoms with E-state index in [1.54, 1.807) is 17.6 Å². The Hall–Kier alpha value is -1.72. The molecule has 0 saturated carbocycles. The van der Waals surface area contributed by atoms with Gasteiger partial charge in [0.25, 0.3) is 0 Å². The van der Waals surface area contributed by atoms with Crippen LogP contribution in [0.3, 0.4) is 0 Å². The number of hydrogen-bond donors (Lipinski definition) is 2. The summed E-state index contributed by atoms with van der Waals surface area (Å²) < 4.78 is 22.9. The molecule has 2 aromatic heterocycles. The molecule has 10 heteroatoms. The highest BCUT2D eigenvalue weighted by atomic mass is 32.2. The summed E-state index contributed by atoms with van der Waals surface area (Å²) in [6.45, 7) is 0. The van der Waals surface area contributed by atoms with Crippen molar-refractivity contribution >= 4 is 42.6 Å². The fraction of sp³-hybridized carbons (Fsp3) is 0. The molecular formula is C9H6N4O4S2. The maximum absolute atomic E-state index is 11.6. The third kappa shape index (κ3) is 1.86. The van der Waals surface area contributed by atoms with Crippen molar-refractivity contribution in [2.45, 2.75) is 5.03 Å². The van der Waals surface area contributed by atoms with Crippen molar-refractivity contribution < 1.29 is 18.8 Å². The Morgan fingerprint density at radius 1 is 1.16 bits per heavy atom. The minimum atomic E-state index is -4.47. The number of nitrogens with zero attached hydrogens (tertiary/aromatic N) is 4. The zero-order valence-corrected chi connectivity index (χ0v) is 10.8. The van der Waals surface area contributed by atoms with Crippen LogP contribution in [0.2, 0.25) is 0 Å². The molecule has 19 heavy (non-hydrogen) atoms. The average Bonchev–Trinajstić information content (AvgIpc) is 2.86. The van der Waals surface area contributed by atoms with Crippen LogP contribution in [0.25, 0.3) is 21.3 Å². The van der Waals surface area contributed by atoms with Gasteiger partial charge in [0, 0.05) is 0 Å². The molecule has 98 valence electrons.